The van der Waals surface area contributed by atoms with Crippen LogP contribution in [0, 0.1) is 0 Å². The number of methoxy groups -OCH3 is 2. The highest BCUT2D eigenvalue weighted by molar-refractivity contribution is 5.81. The number of alkyl halides is 3. The third kappa shape index (κ3) is 9.29. The summed E-state index contributed by atoms with van der Waals surface area (Å²) in [6.07, 6.45) is -3.19. The molecule has 2 heterocycles. The molecule has 0 bridgehead atoms. The molecule has 1 aliphatic heterocycles. The predicted molar refractivity (Wildman–Crippen MR) is 187 cm³/mol. The molecule has 3 aromatic carbocycles. The predicted octanol–water partition coefficient (Wildman–Crippen LogP) is 5.57. The van der Waals surface area contributed by atoms with Gasteiger partial charge in [-0.05, 0) is 59.9 Å². The fourth-order valence-electron chi connectivity index (χ4n) is 6.17. The lowest BCUT2D eigenvalue weighted by atomic mass is 9.80. The Morgan fingerprint density at radius 3 is 2.00 bits per heavy atom. The van der Waals surface area contributed by atoms with Crippen LogP contribution in [0.25, 0.3) is 0 Å². The Labute approximate surface area is 299 Å². The lowest BCUT2D eigenvalue weighted by Crippen LogP contribution is -2.38. The zero-order chi connectivity index (χ0) is 37.1. The summed E-state index contributed by atoms with van der Waals surface area (Å²) >= 11 is 0. The maximum Gasteiger partial charge on any atom is 0.471 e. The van der Waals surface area contributed by atoms with E-state index in [1.54, 1.807) is 26.5 Å². The molecular formula is C38H43F3N4O7. The Hall–Kier alpha value is -4.92. The molecule has 1 aromatic heterocycles. The Morgan fingerprint density at radius 2 is 1.44 bits per heavy atom. The van der Waals surface area contributed by atoms with Gasteiger partial charge in [0.05, 0.1) is 26.9 Å². The van der Waals surface area contributed by atoms with Crippen molar-refractivity contribution in [3.05, 3.63) is 118 Å². The molecule has 0 unspecified atom stereocenters. The second-order valence-corrected chi connectivity index (χ2v) is 12.3. The van der Waals surface area contributed by atoms with Crippen LogP contribution >= 0.6 is 0 Å². The van der Waals surface area contributed by atoms with Crippen molar-refractivity contribution in [3.8, 4) is 11.5 Å². The van der Waals surface area contributed by atoms with Crippen LogP contribution in [-0.2, 0) is 19.9 Å². The number of benzene rings is 3. The van der Waals surface area contributed by atoms with Crippen molar-refractivity contribution in [2.75, 3.05) is 39.2 Å². The minimum atomic E-state index is -4.88. The summed E-state index contributed by atoms with van der Waals surface area (Å²) in [5.41, 5.74) is 0.834. The van der Waals surface area contributed by atoms with Crippen LogP contribution in [0.4, 0.5) is 19.0 Å². The summed E-state index contributed by atoms with van der Waals surface area (Å²) in [6.45, 7) is 0.436. The van der Waals surface area contributed by atoms with E-state index in [2.05, 4.69) is 10.3 Å². The highest BCUT2D eigenvalue weighted by Gasteiger charge is 2.42. The molecule has 3 atom stereocenters. The number of aliphatic hydroxyl groups is 1. The molecule has 52 heavy (non-hydrogen) atoms. The van der Waals surface area contributed by atoms with Gasteiger partial charge in [-0.15, -0.1) is 0 Å². The number of carbonyl (C=O) groups is 1. The van der Waals surface area contributed by atoms with E-state index in [1.807, 2.05) is 84.2 Å². The second kappa shape index (κ2) is 17.5. The number of unbranched alkanes of at least 4 members (excludes halogenated alkanes) is 3. The summed E-state index contributed by atoms with van der Waals surface area (Å²) < 4.78 is 62.0. The molecule has 0 radical (unpaired) electrons. The van der Waals surface area contributed by atoms with Crippen molar-refractivity contribution in [1.29, 1.82) is 0 Å². The first-order valence-corrected chi connectivity index (χ1v) is 17.1. The first kappa shape index (κ1) is 38.3. The molecule has 1 fully saturated rings. The molecule has 11 nitrogen and oxygen atoms in total. The molecule has 1 amide bonds. The Bertz CT molecular complexity index is 1740. The number of amides is 1. The van der Waals surface area contributed by atoms with Gasteiger partial charge < -0.3 is 34.7 Å². The minimum Gasteiger partial charge on any atom is -0.497 e. The fraction of sp³-hybridized carbons (Fsp3) is 0.395. The number of halogens is 3. The molecule has 14 heteroatoms. The third-order valence-corrected chi connectivity index (χ3v) is 8.93. The number of nitrogens with one attached hydrogen (secondary N) is 2. The van der Waals surface area contributed by atoms with E-state index in [9.17, 15) is 27.9 Å². The Morgan fingerprint density at radius 1 is 0.865 bits per heavy atom. The zero-order valence-corrected chi connectivity index (χ0v) is 29.0. The number of hydrogen-bond acceptors (Lipinski definition) is 9. The molecule has 0 spiro atoms. The minimum absolute atomic E-state index is 0.0128. The van der Waals surface area contributed by atoms with Crippen LogP contribution in [0.2, 0.25) is 0 Å². The zero-order valence-electron chi connectivity index (χ0n) is 29.0. The number of rotatable bonds is 17. The second-order valence-electron chi connectivity index (χ2n) is 12.3. The van der Waals surface area contributed by atoms with E-state index in [0.717, 1.165) is 16.7 Å². The van der Waals surface area contributed by atoms with Crippen LogP contribution in [0.5, 0.6) is 11.5 Å². The van der Waals surface area contributed by atoms with Gasteiger partial charge in [-0.25, -0.2) is 4.79 Å². The highest BCUT2D eigenvalue weighted by Crippen LogP contribution is 2.42. The molecule has 0 aliphatic carbocycles. The number of ether oxygens (including phenoxy) is 4. The van der Waals surface area contributed by atoms with E-state index < -0.39 is 41.8 Å². The van der Waals surface area contributed by atoms with E-state index in [1.165, 1.54) is 4.57 Å². The topological polar surface area (TPSA) is 133 Å². The fourth-order valence-corrected chi connectivity index (χ4v) is 6.17. The summed E-state index contributed by atoms with van der Waals surface area (Å²) in [4.78, 5) is 28.0. The van der Waals surface area contributed by atoms with Gasteiger partial charge >= 0.3 is 17.8 Å². The number of aromatic nitrogens is 2. The monoisotopic (exact) mass is 724 g/mol. The van der Waals surface area contributed by atoms with Gasteiger partial charge in [0.1, 0.15) is 35.2 Å². The molecule has 3 N–H and O–H groups in total. The number of anilines is 1. The van der Waals surface area contributed by atoms with Crippen LogP contribution in [0.15, 0.2) is 95.9 Å². The molecule has 1 saturated heterocycles. The number of aliphatic hydroxyl groups excluding tert-OH is 1. The lowest BCUT2D eigenvalue weighted by molar-refractivity contribution is -0.173. The standard InChI is InChI=1S/C38H43F3N4O7/c1-49-29-16-12-27(13-17-29)37(26-10-6-5-7-11-26,28-14-18-30(50-2)19-15-28)51-25-32-31(46)24-34(52-32)45-23-20-33(44-36(45)48)42-21-8-3-4-9-22-43-35(47)38(39,40)41/h5-7,10-20,23,31-32,34,46H,3-4,8-9,21-22,24-25H2,1-2H3,(H,43,47)(H,42,44,48)/t31-,32+,34+/m0/s1. The van der Waals surface area contributed by atoms with Crippen LogP contribution in [0.3, 0.4) is 0 Å². The first-order chi connectivity index (χ1) is 25.0. The van der Waals surface area contributed by atoms with Gasteiger partial charge in [0, 0.05) is 25.7 Å². The van der Waals surface area contributed by atoms with Gasteiger partial charge in [0.25, 0.3) is 0 Å². The number of carbonyl (C=O) groups excluding carboxylic acids is 1. The molecule has 0 saturated carbocycles. The van der Waals surface area contributed by atoms with Crippen molar-refractivity contribution in [3.63, 3.8) is 0 Å². The summed E-state index contributed by atoms with van der Waals surface area (Å²) in [5, 5.41) is 16.1. The van der Waals surface area contributed by atoms with Crippen molar-refractivity contribution >= 4 is 11.7 Å². The number of nitrogens with zero attached hydrogens (tertiary/aromatic N) is 2. The average Bonchev–Trinajstić information content (AvgIpc) is 3.52. The largest absolute Gasteiger partial charge is 0.497 e. The van der Waals surface area contributed by atoms with E-state index in [0.29, 0.717) is 49.5 Å². The van der Waals surface area contributed by atoms with E-state index in [4.69, 9.17) is 18.9 Å². The maximum absolute atomic E-state index is 13.0. The van der Waals surface area contributed by atoms with Gasteiger partial charge in [0.2, 0.25) is 0 Å². The molecular weight excluding hydrogens is 681 g/mol. The quantitative estimate of drug-likeness (QED) is 0.0945. The SMILES string of the molecule is COc1ccc(C(OC[C@H]2O[C@@H](n3ccc(NCCCCCCNC(=O)C(F)(F)F)nc3=O)C[C@@H]2O)(c2ccccc2)c2ccc(OC)cc2)cc1. The Balaban J connectivity index is 1.23. The van der Waals surface area contributed by atoms with Crippen LogP contribution < -0.4 is 25.8 Å². The highest BCUT2D eigenvalue weighted by atomic mass is 19.4. The van der Waals surface area contributed by atoms with Gasteiger partial charge in [-0.2, -0.15) is 18.2 Å². The van der Waals surface area contributed by atoms with Crippen molar-refractivity contribution in [2.24, 2.45) is 0 Å². The normalized spacial score (nSPS) is 17.5. The number of hydrogen-bond donors (Lipinski definition) is 3. The third-order valence-electron chi connectivity index (χ3n) is 8.93. The first-order valence-electron chi connectivity index (χ1n) is 17.1. The molecule has 278 valence electrons. The molecule has 5 rings (SSSR count). The molecule has 1 aliphatic rings. The average molecular weight is 725 g/mol. The molecule has 4 aromatic rings. The lowest BCUT2D eigenvalue weighted by Gasteiger charge is -2.37. The van der Waals surface area contributed by atoms with Crippen molar-refractivity contribution in [1.82, 2.24) is 14.9 Å². The summed E-state index contributed by atoms with van der Waals surface area (Å²) in [6, 6.07) is 26.6. The summed E-state index contributed by atoms with van der Waals surface area (Å²) in [5.74, 6) is -0.196. The smallest absolute Gasteiger partial charge is 0.471 e. The van der Waals surface area contributed by atoms with Crippen LogP contribution in [0.1, 0.15) is 55.0 Å². The van der Waals surface area contributed by atoms with Gasteiger partial charge in [-0.3, -0.25) is 9.36 Å². The van der Waals surface area contributed by atoms with Crippen LogP contribution in [-0.4, -0.2) is 72.9 Å². The van der Waals surface area contributed by atoms with Gasteiger partial charge in [0.15, 0.2) is 0 Å². The Kier molecular flexibility index (Phi) is 12.9. The maximum atomic E-state index is 13.0. The summed E-state index contributed by atoms with van der Waals surface area (Å²) in [7, 11) is 3.21. The van der Waals surface area contributed by atoms with E-state index in [-0.39, 0.29) is 19.6 Å². The van der Waals surface area contributed by atoms with E-state index >= 15 is 0 Å². The van der Waals surface area contributed by atoms with Crippen molar-refractivity contribution < 1.29 is 42.0 Å². The van der Waals surface area contributed by atoms with Crippen molar-refractivity contribution in [2.45, 2.75) is 62.3 Å². The van der Waals surface area contributed by atoms with Gasteiger partial charge in [-0.1, -0.05) is 67.4 Å².